The van der Waals surface area contributed by atoms with Crippen molar-refractivity contribution in [3.8, 4) is 0 Å². The molecule has 140 valence electrons. The Hall–Kier alpha value is -2.82. The highest BCUT2D eigenvalue weighted by Crippen LogP contribution is 2.30. The van der Waals surface area contributed by atoms with Crippen molar-refractivity contribution in [2.75, 3.05) is 30.9 Å². The maximum absolute atomic E-state index is 12.7. The molecule has 2 aromatic carbocycles. The zero-order valence-corrected chi connectivity index (χ0v) is 15.8. The number of anilines is 2. The van der Waals surface area contributed by atoms with E-state index in [-0.39, 0.29) is 23.8 Å². The zero-order chi connectivity index (χ0) is 19.0. The van der Waals surface area contributed by atoms with Gasteiger partial charge in [-0.15, -0.1) is 0 Å². The molecule has 1 N–H and O–H groups in total. The van der Waals surface area contributed by atoms with Crippen molar-refractivity contribution in [3.05, 3.63) is 59.7 Å². The van der Waals surface area contributed by atoms with Gasteiger partial charge in [0.1, 0.15) is 0 Å². The zero-order valence-electron chi connectivity index (χ0n) is 15.8. The molecule has 1 aliphatic heterocycles. The van der Waals surface area contributed by atoms with Gasteiger partial charge >= 0.3 is 0 Å². The number of nitrogens with one attached hydrogen (secondary N) is 1. The number of benzene rings is 2. The minimum Gasteiger partial charge on any atom is -0.378 e. The highest BCUT2D eigenvalue weighted by Gasteiger charge is 2.39. The van der Waals surface area contributed by atoms with E-state index in [4.69, 9.17) is 0 Å². The average molecular weight is 363 g/mol. The summed E-state index contributed by atoms with van der Waals surface area (Å²) in [6.07, 6.45) is 2.08. The largest absolute Gasteiger partial charge is 0.378 e. The quantitative estimate of drug-likeness (QED) is 0.909. The first-order chi connectivity index (χ1) is 13.0. The van der Waals surface area contributed by atoms with Gasteiger partial charge in [-0.3, -0.25) is 9.59 Å². The SMILES string of the molecule is CN(C)c1ccc(NC(=O)C2CC(=O)N(C3Cc4ccccc4C3)C2)cc1. The first-order valence-corrected chi connectivity index (χ1v) is 9.46. The van der Waals surface area contributed by atoms with E-state index in [9.17, 15) is 9.59 Å². The van der Waals surface area contributed by atoms with Crippen LogP contribution < -0.4 is 10.2 Å². The van der Waals surface area contributed by atoms with Gasteiger partial charge in [-0.25, -0.2) is 0 Å². The number of hydrogen-bond acceptors (Lipinski definition) is 3. The fourth-order valence-corrected chi connectivity index (χ4v) is 4.10. The summed E-state index contributed by atoms with van der Waals surface area (Å²) in [4.78, 5) is 29.1. The highest BCUT2D eigenvalue weighted by atomic mass is 16.2. The van der Waals surface area contributed by atoms with Crippen molar-refractivity contribution in [1.82, 2.24) is 4.90 Å². The van der Waals surface area contributed by atoms with Crippen LogP contribution in [-0.2, 0) is 22.4 Å². The van der Waals surface area contributed by atoms with E-state index in [1.165, 1.54) is 11.1 Å². The molecule has 0 saturated carbocycles. The monoisotopic (exact) mass is 363 g/mol. The first-order valence-electron chi connectivity index (χ1n) is 9.46. The molecule has 0 radical (unpaired) electrons. The minimum atomic E-state index is -0.283. The van der Waals surface area contributed by atoms with Gasteiger partial charge < -0.3 is 15.1 Å². The second-order valence-corrected chi connectivity index (χ2v) is 7.71. The van der Waals surface area contributed by atoms with Crippen LogP contribution in [0.3, 0.4) is 0 Å². The third kappa shape index (κ3) is 3.54. The van der Waals surface area contributed by atoms with Crippen LogP contribution in [0.1, 0.15) is 17.5 Å². The van der Waals surface area contributed by atoms with E-state index in [0.717, 1.165) is 24.2 Å². The lowest BCUT2D eigenvalue weighted by Crippen LogP contribution is -2.38. The Morgan fingerprint density at radius 1 is 1.00 bits per heavy atom. The van der Waals surface area contributed by atoms with Crippen LogP contribution in [0.5, 0.6) is 0 Å². The van der Waals surface area contributed by atoms with Gasteiger partial charge in [-0.2, -0.15) is 0 Å². The van der Waals surface area contributed by atoms with E-state index in [1.54, 1.807) is 0 Å². The van der Waals surface area contributed by atoms with Crippen LogP contribution in [0.4, 0.5) is 11.4 Å². The van der Waals surface area contributed by atoms with Crippen molar-refractivity contribution in [2.45, 2.75) is 25.3 Å². The lowest BCUT2D eigenvalue weighted by molar-refractivity contribution is -0.129. The van der Waals surface area contributed by atoms with Crippen LogP contribution >= 0.6 is 0 Å². The van der Waals surface area contributed by atoms with E-state index in [2.05, 4.69) is 17.4 Å². The molecule has 1 unspecified atom stereocenters. The summed E-state index contributed by atoms with van der Waals surface area (Å²) >= 11 is 0. The Labute approximate surface area is 160 Å². The van der Waals surface area contributed by atoms with Gasteiger partial charge in [0, 0.05) is 44.5 Å². The minimum absolute atomic E-state index is 0.0704. The van der Waals surface area contributed by atoms with E-state index in [0.29, 0.717) is 13.0 Å². The predicted molar refractivity (Wildman–Crippen MR) is 107 cm³/mol. The van der Waals surface area contributed by atoms with Crippen molar-refractivity contribution in [3.63, 3.8) is 0 Å². The van der Waals surface area contributed by atoms with Crippen molar-refractivity contribution >= 4 is 23.2 Å². The molecule has 1 heterocycles. The molecule has 1 atom stereocenters. The Bertz CT molecular complexity index is 835. The molecule has 2 amide bonds. The Morgan fingerprint density at radius 2 is 1.63 bits per heavy atom. The van der Waals surface area contributed by atoms with Gasteiger partial charge in [-0.05, 0) is 48.2 Å². The second kappa shape index (κ2) is 7.06. The Kier molecular flexibility index (Phi) is 4.60. The number of carbonyl (C=O) groups excluding carboxylic acids is 2. The summed E-state index contributed by atoms with van der Waals surface area (Å²) in [5, 5.41) is 2.96. The third-order valence-electron chi connectivity index (χ3n) is 5.65. The summed E-state index contributed by atoms with van der Waals surface area (Å²) in [6, 6.07) is 16.3. The third-order valence-corrected chi connectivity index (χ3v) is 5.65. The van der Waals surface area contributed by atoms with E-state index in [1.807, 2.05) is 60.3 Å². The first kappa shape index (κ1) is 17.6. The molecule has 1 fully saturated rings. The van der Waals surface area contributed by atoms with E-state index < -0.39 is 0 Å². The predicted octanol–water partition coefficient (Wildman–Crippen LogP) is 2.71. The molecular weight excluding hydrogens is 338 g/mol. The topological polar surface area (TPSA) is 52.7 Å². The summed E-state index contributed by atoms with van der Waals surface area (Å²) in [6.45, 7) is 0.513. The number of likely N-dealkylation sites (tertiary alicyclic amines) is 1. The molecule has 27 heavy (non-hydrogen) atoms. The molecule has 4 rings (SSSR count). The van der Waals surface area contributed by atoms with Crippen molar-refractivity contribution < 1.29 is 9.59 Å². The molecule has 5 heteroatoms. The maximum Gasteiger partial charge on any atom is 0.229 e. The molecule has 0 bridgehead atoms. The lowest BCUT2D eigenvalue weighted by atomic mass is 10.1. The van der Waals surface area contributed by atoms with Gasteiger partial charge in [0.15, 0.2) is 0 Å². The number of fused-ring (bicyclic) bond motifs is 1. The number of hydrogen-bond donors (Lipinski definition) is 1. The molecule has 5 nitrogen and oxygen atoms in total. The van der Waals surface area contributed by atoms with Crippen LogP contribution in [0.15, 0.2) is 48.5 Å². The standard InChI is InChI=1S/C22H25N3O2/c1-24(2)19-9-7-18(8-10-19)23-22(27)17-13-21(26)25(14-17)20-11-15-5-3-4-6-16(15)12-20/h3-10,17,20H,11-14H2,1-2H3,(H,23,27). The van der Waals surface area contributed by atoms with Gasteiger partial charge in [0.05, 0.1) is 5.92 Å². The van der Waals surface area contributed by atoms with E-state index >= 15 is 0 Å². The summed E-state index contributed by atoms with van der Waals surface area (Å²) in [7, 11) is 3.96. The highest BCUT2D eigenvalue weighted by molar-refractivity contribution is 5.97. The molecule has 0 spiro atoms. The van der Waals surface area contributed by atoms with Gasteiger partial charge in [-0.1, -0.05) is 24.3 Å². The molecule has 1 aliphatic carbocycles. The molecule has 0 aromatic heterocycles. The average Bonchev–Trinajstić information content (AvgIpc) is 3.25. The Morgan fingerprint density at radius 3 is 2.22 bits per heavy atom. The van der Waals surface area contributed by atoms with Gasteiger partial charge in [0.25, 0.3) is 0 Å². The van der Waals surface area contributed by atoms with Gasteiger partial charge in [0.2, 0.25) is 11.8 Å². The molecular formula is C22H25N3O2. The molecule has 2 aromatic rings. The maximum atomic E-state index is 12.7. The van der Waals surface area contributed by atoms with Crippen LogP contribution in [0, 0.1) is 5.92 Å². The Balaban J connectivity index is 1.38. The number of carbonyl (C=O) groups is 2. The normalized spacial score (nSPS) is 19.3. The summed E-state index contributed by atoms with van der Waals surface area (Å²) in [5.74, 6) is -0.260. The summed E-state index contributed by atoms with van der Waals surface area (Å²) < 4.78 is 0. The number of rotatable bonds is 4. The fourth-order valence-electron chi connectivity index (χ4n) is 4.10. The molecule has 2 aliphatic rings. The number of nitrogens with zero attached hydrogens (tertiary/aromatic N) is 2. The van der Waals surface area contributed by atoms with Crippen LogP contribution in [-0.4, -0.2) is 43.4 Å². The second-order valence-electron chi connectivity index (χ2n) is 7.71. The lowest BCUT2D eigenvalue weighted by Gasteiger charge is -2.24. The molecule has 1 saturated heterocycles. The van der Waals surface area contributed by atoms with Crippen molar-refractivity contribution in [2.24, 2.45) is 5.92 Å². The number of amides is 2. The smallest absolute Gasteiger partial charge is 0.229 e. The van der Waals surface area contributed by atoms with Crippen molar-refractivity contribution in [1.29, 1.82) is 0 Å². The van der Waals surface area contributed by atoms with Crippen LogP contribution in [0.25, 0.3) is 0 Å². The summed E-state index contributed by atoms with van der Waals surface area (Å²) in [5.41, 5.74) is 4.49. The van der Waals surface area contributed by atoms with Crippen LogP contribution in [0.2, 0.25) is 0 Å². The fraction of sp³-hybridized carbons (Fsp3) is 0.364.